The summed E-state index contributed by atoms with van der Waals surface area (Å²) in [5.41, 5.74) is -0.485. The Bertz CT molecular complexity index is 1380. The number of carbonyl (C=O) groups is 1. The maximum absolute atomic E-state index is 13.4. The fourth-order valence-corrected chi connectivity index (χ4v) is 4.91. The Morgan fingerprint density at radius 1 is 1.18 bits per heavy atom. The first-order chi connectivity index (χ1) is 15.8. The van der Waals surface area contributed by atoms with Crippen molar-refractivity contribution in [1.82, 2.24) is 23.8 Å². The van der Waals surface area contributed by atoms with Crippen LogP contribution in [0.15, 0.2) is 35.1 Å². The van der Waals surface area contributed by atoms with Crippen LogP contribution in [0.1, 0.15) is 66.7 Å². The average Bonchev–Trinajstić information content (AvgIpc) is 3.48. The fourth-order valence-electron chi connectivity index (χ4n) is 4.91. The molecule has 5 rings (SSSR count). The van der Waals surface area contributed by atoms with Gasteiger partial charge in [0.15, 0.2) is 0 Å². The molecule has 180 valence electrons. The van der Waals surface area contributed by atoms with Crippen LogP contribution >= 0.6 is 0 Å². The normalized spacial score (nSPS) is 19.7. The summed E-state index contributed by atoms with van der Waals surface area (Å²) >= 11 is 0. The molecule has 0 aliphatic carbocycles. The number of carbonyl (C=O) groups excluding carboxylic acids is 1. The Hall–Kier alpha value is -3.50. The van der Waals surface area contributed by atoms with Crippen LogP contribution in [0.5, 0.6) is 5.88 Å². The number of halogens is 3. The third kappa shape index (κ3) is 3.17. The number of fused-ring (bicyclic) bond motifs is 5. The summed E-state index contributed by atoms with van der Waals surface area (Å²) in [5, 5.41) is 15.4. The van der Waals surface area contributed by atoms with Crippen molar-refractivity contribution in [3.8, 4) is 11.6 Å². The SMILES string of the molecule is Cn1nc(C(C)(C)C)cc1C(=O)N1CC2CC1c1c(O)n(-c3cccc(C(F)(F)F)c3)c(=O)n12. The van der Waals surface area contributed by atoms with Crippen LogP contribution in [0.25, 0.3) is 5.69 Å². The monoisotopic (exact) mass is 475 g/mol. The van der Waals surface area contributed by atoms with Crippen molar-refractivity contribution in [3.05, 3.63) is 63.5 Å². The van der Waals surface area contributed by atoms with Gasteiger partial charge >= 0.3 is 11.9 Å². The first kappa shape index (κ1) is 22.3. The number of nitrogens with zero attached hydrogens (tertiary/aromatic N) is 5. The van der Waals surface area contributed by atoms with E-state index in [-0.39, 0.29) is 35.3 Å². The molecule has 1 fully saturated rings. The number of aromatic nitrogens is 4. The lowest BCUT2D eigenvalue weighted by Crippen LogP contribution is -2.38. The van der Waals surface area contributed by atoms with Crippen molar-refractivity contribution in [2.75, 3.05) is 6.54 Å². The number of aryl methyl sites for hydroxylation is 1. The first-order valence-electron chi connectivity index (χ1n) is 10.9. The molecule has 2 aliphatic heterocycles. The van der Waals surface area contributed by atoms with Gasteiger partial charge in [-0.05, 0) is 30.7 Å². The molecule has 8 nitrogen and oxygen atoms in total. The molecule has 3 aromatic rings. The van der Waals surface area contributed by atoms with Gasteiger partial charge in [-0.3, -0.25) is 14.0 Å². The Labute approximate surface area is 192 Å². The summed E-state index contributed by atoms with van der Waals surface area (Å²) in [6, 6.07) is 5.06. The van der Waals surface area contributed by atoms with Crippen molar-refractivity contribution in [2.24, 2.45) is 7.05 Å². The van der Waals surface area contributed by atoms with Crippen molar-refractivity contribution in [2.45, 2.75) is 50.9 Å². The van der Waals surface area contributed by atoms with Gasteiger partial charge in [0, 0.05) is 19.0 Å². The van der Waals surface area contributed by atoms with E-state index in [0.717, 1.165) is 22.4 Å². The van der Waals surface area contributed by atoms with Gasteiger partial charge in [-0.15, -0.1) is 0 Å². The zero-order valence-electron chi connectivity index (χ0n) is 19.1. The average molecular weight is 475 g/mol. The van der Waals surface area contributed by atoms with Crippen LogP contribution in [-0.4, -0.2) is 41.4 Å². The predicted molar refractivity (Wildman–Crippen MR) is 116 cm³/mol. The third-order valence-electron chi connectivity index (χ3n) is 6.62. The zero-order valence-corrected chi connectivity index (χ0v) is 19.1. The number of aromatic hydroxyl groups is 1. The second-order valence-electron chi connectivity index (χ2n) is 9.90. The summed E-state index contributed by atoms with van der Waals surface area (Å²) in [6.07, 6.45) is -4.13. The quantitative estimate of drug-likeness (QED) is 0.615. The number of hydrogen-bond acceptors (Lipinski definition) is 4. The minimum Gasteiger partial charge on any atom is -0.493 e. The van der Waals surface area contributed by atoms with Crippen molar-refractivity contribution in [3.63, 3.8) is 0 Å². The number of benzene rings is 1. The van der Waals surface area contributed by atoms with E-state index in [0.29, 0.717) is 12.1 Å². The van der Waals surface area contributed by atoms with Crippen LogP contribution < -0.4 is 5.69 Å². The Balaban J connectivity index is 1.54. The van der Waals surface area contributed by atoms with Gasteiger partial charge in [-0.2, -0.15) is 18.3 Å². The second kappa shape index (κ2) is 7.00. The van der Waals surface area contributed by atoms with Gasteiger partial charge in [0.2, 0.25) is 5.88 Å². The molecule has 1 amide bonds. The number of likely N-dealkylation sites (tertiary alicyclic amines) is 1. The molecule has 0 radical (unpaired) electrons. The molecular formula is C23H24F3N5O3. The maximum atomic E-state index is 13.4. The predicted octanol–water partition coefficient (Wildman–Crippen LogP) is 3.54. The molecule has 1 saturated heterocycles. The van der Waals surface area contributed by atoms with E-state index >= 15 is 0 Å². The highest BCUT2D eigenvalue weighted by atomic mass is 19.4. The Morgan fingerprint density at radius 2 is 1.88 bits per heavy atom. The van der Waals surface area contributed by atoms with Crippen molar-refractivity contribution in [1.29, 1.82) is 0 Å². The van der Waals surface area contributed by atoms with Gasteiger partial charge in [0.1, 0.15) is 11.4 Å². The summed E-state index contributed by atoms with van der Waals surface area (Å²) < 4.78 is 43.3. The van der Waals surface area contributed by atoms with E-state index in [9.17, 15) is 27.9 Å². The standard InChI is InChI=1S/C23H24F3N5O3/c1-22(2,3)17-10-16(28(4)27-17)19(32)29-11-14-9-15(29)18-20(33)31(21(34)30(14)18)13-7-5-6-12(8-13)23(24,25)26/h5-8,10,14-15,33H,9,11H2,1-4H3. The van der Waals surface area contributed by atoms with E-state index in [1.165, 1.54) is 21.4 Å². The highest BCUT2D eigenvalue weighted by Crippen LogP contribution is 2.49. The lowest BCUT2D eigenvalue weighted by atomic mass is 9.92. The van der Waals surface area contributed by atoms with Gasteiger partial charge < -0.3 is 10.0 Å². The molecule has 1 aromatic carbocycles. The number of hydrogen-bond donors (Lipinski definition) is 1. The number of rotatable bonds is 2. The highest BCUT2D eigenvalue weighted by molar-refractivity contribution is 5.93. The van der Waals surface area contributed by atoms with Crippen molar-refractivity contribution >= 4 is 5.91 Å². The lowest BCUT2D eigenvalue weighted by molar-refractivity contribution is -0.137. The number of alkyl halides is 3. The van der Waals surface area contributed by atoms with Crippen LogP contribution in [0.4, 0.5) is 13.2 Å². The fraction of sp³-hybridized carbons (Fsp3) is 0.435. The molecule has 2 unspecified atom stereocenters. The van der Waals surface area contributed by atoms with Gasteiger partial charge in [0.25, 0.3) is 5.91 Å². The second-order valence-corrected chi connectivity index (χ2v) is 9.90. The highest BCUT2D eigenvalue weighted by Gasteiger charge is 2.49. The van der Waals surface area contributed by atoms with Crippen LogP contribution in [0.2, 0.25) is 0 Å². The van der Waals surface area contributed by atoms with E-state index < -0.39 is 29.4 Å². The molecule has 0 saturated carbocycles. The van der Waals surface area contributed by atoms with Crippen molar-refractivity contribution < 1.29 is 23.1 Å². The Morgan fingerprint density at radius 3 is 2.50 bits per heavy atom. The molecule has 4 heterocycles. The molecule has 34 heavy (non-hydrogen) atoms. The maximum Gasteiger partial charge on any atom is 0.416 e. The van der Waals surface area contributed by atoms with E-state index in [2.05, 4.69) is 5.10 Å². The number of amides is 1. The van der Waals surface area contributed by atoms with Gasteiger partial charge in [-0.1, -0.05) is 26.8 Å². The number of imidazole rings is 1. The molecular weight excluding hydrogens is 451 g/mol. The molecule has 1 N–H and O–H groups in total. The van der Waals surface area contributed by atoms with E-state index in [1.807, 2.05) is 20.8 Å². The van der Waals surface area contributed by atoms with Crippen LogP contribution in [0.3, 0.4) is 0 Å². The largest absolute Gasteiger partial charge is 0.493 e. The summed E-state index contributed by atoms with van der Waals surface area (Å²) in [7, 11) is 1.69. The smallest absolute Gasteiger partial charge is 0.416 e. The molecule has 2 bridgehead atoms. The van der Waals surface area contributed by atoms with Crippen LogP contribution in [0, 0.1) is 0 Å². The minimum atomic E-state index is -4.59. The van der Waals surface area contributed by atoms with Gasteiger partial charge in [0.05, 0.1) is 29.0 Å². The van der Waals surface area contributed by atoms with Crippen LogP contribution in [-0.2, 0) is 18.6 Å². The lowest BCUT2D eigenvalue weighted by Gasteiger charge is -2.27. The molecule has 0 spiro atoms. The van der Waals surface area contributed by atoms with Gasteiger partial charge in [-0.25, -0.2) is 9.36 Å². The molecule has 11 heteroatoms. The molecule has 2 atom stereocenters. The summed E-state index contributed by atoms with van der Waals surface area (Å²) in [4.78, 5) is 28.1. The minimum absolute atomic E-state index is 0.0852. The first-order valence-corrected chi connectivity index (χ1v) is 10.9. The van der Waals surface area contributed by atoms with E-state index in [4.69, 9.17) is 0 Å². The topological polar surface area (TPSA) is 85.3 Å². The molecule has 2 aliphatic rings. The zero-order chi connectivity index (χ0) is 24.7. The summed E-state index contributed by atoms with van der Waals surface area (Å²) in [6.45, 7) is 6.25. The third-order valence-corrected chi connectivity index (χ3v) is 6.62. The van der Waals surface area contributed by atoms with E-state index in [1.54, 1.807) is 18.0 Å². The molecule has 2 aromatic heterocycles. The summed E-state index contributed by atoms with van der Waals surface area (Å²) in [5.74, 6) is -0.724. The Kier molecular flexibility index (Phi) is 4.59.